The Morgan fingerprint density at radius 3 is 2.44 bits per heavy atom. The van der Waals surface area contributed by atoms with Crippen LogP contribution < -0.4 is 29.6 Å². The zero-order valence-corrected chi connectivity index (χ0v) is 8.14. The molecule has 0 aliphatic heterocycles. The van der Waals surface area contributed by atoms with Gasteiger partial charge in [-0.15, -0.1) is 0 Å². The average Bonchev–Trinajstić information content (AvgIpc) is 1.83. The van der Waals surface area contributed by atoms with Crippen LogP contribution in [0.15, 0.2) is 0 Å². The van der Waals surface area contributed by atoms with Gasteiger partial charge in [0.1, 0.15) is 0 Å². The van der Waals surface area contributed by atoms with Gasteiger partial charge in [0.05, 0.1) is 6.61 Å². The summed E-state index contributed by atoms with van der Waals surface area (Å²) >= 11 is 0. The third-order valence-electron chi connectivity index (χ3n) is 0.558. The molecule has 0 saturated carbocycles. The smallest absolute Gasteiger partial charge is 1.00 e. The molecule has 0 bridgehead atoms. The normalized spacial score (nSPS) is 7.78. The van der Waals surface area contributed by atoms with E-state index in [1.807, 2.05) is 0 Å². The van der Waals surface area contributed by atoms with Crippen LogP contribution in [-0.2, 0) is 14.6 Å². The monoisotopic (exact) mass is 142 g/mol. The summed E-state index contributed by atoms with van der Waals surface area (Å²) < 4.78 is 0. The first-order valence-corrected chi connectivity index (χ1v) is 2.63. The summed E-state index contributed by atoms with van der Waals surface area (Å²) in [5.74, 6) is -0.327. The summed E-state index contributed by atoms with van der Waals surface area (Å²) in [6.07, 6.45) is 0.361. The first-order chi connectivity index (χ1) is 3.81. The first kappa shape index (κ1) is 12.1. The Morgan fingerprint density at radius 2 is 2.11 bits per heavy atom. The molecule has 3 nitrogen and oxygen atoms in total. The van der Waals surface area contributed by atoms with E-state index >= 15 is 0 Å². The van der Waals surface area contributed by atoms with Crippen molar-refractivity contribution in [3.05, 3.63) is 0 Å². The molecule has 0 N–H and O–H groups in total. The molecule has 0 unspecified atom stereocenters. The fourth-order valence-electron chi connectivity index (χ4n) is 0.184. The Kier molecular flexibility index (Phi) is 11.4. The molecule has 0 saturated heterocycles. The predicted octanol–water partition coefficient (Wildman–Crippen LogP) is -1.99. The number of carbonyl (C=O) groups excluding carboxylic acids is 1. The average molecular weight is 142 g/mol. The van der Waals surface area contributed by atoms with Crippen LogP contribution in [0.4, 0.5) is 0 Å². The molecule has 0 spiro atoms. The molecule has 0 atom stereocenters. The number of rotatable bonds is 3. The third kappa shape index (κ3) is 8.43. The Morgan fingerprint density at radius 1 is 1.56 bits per heavy atom. The van der Waals surface area contributed by atoms with Crippen molar-refractivity contribution >= 4 is 5.97 Å². The van der Waals surface area contributed by atoms with E-state index in [2.05, 4.69) is 9.78 Å². The fraction of sp³-hybridized carbons (Fsp3) is 0.800. The molecule has 0 aliphatic carbocycles. The van der Waals surface area contributed by atoms with Gasteiger partial charge < -0.3 is 1.43 Å². The predicted molar refractivity (Wildman–Crippen MR) is 29.1 cm³/mol. The van der Waals surface area contributed by atoms with Crippen LogP contribution in [0.3, 0.4) is 0 Å². The van der Waals surface area contributed by atoms with E-state index in [-0.39, 0.29) is 37.0 Å². The van der Waals surface area contributed by atoms with Gasteiger partial charge in [-0.3, -0.25) is 4.89 Å². The number of hydrogen-bond acceptors (Lipinski definition) is 3. The van der Waals surface area contributed by atoms with E-state index in [4.69, 9.17) is 0 Å². The van der Waals surface area contributed by atoms with Crippen molar-refractivity contribution < 1.29 is 45.6 Å². The number of carbonyl (C=O) groups is 1. The quantitative estimate of drug-likeness (QED) is 0.260. The van der Waals surface area contributed by atoms with Crippen molar-refractivity contribution in [1.29, 1.82) is 0 Å². The van der Waals surface area contributed by atoms with Crippen LogP contribution in [0.5, 0.6) is 0 Å². The maximum atomic E-state index is 10.2. The third-order valence-corrected chi connectivity index (χ3v) is 0.558. The molecule has 0 amide bonds. The van der Waals surface area contributed by atoms with Crippen molar-refractivity contribution in [2.75, 3.05) is 6.61 Å². The Labute approximate surface area is 78.4 Å². The van der Waals surface area contributed by atoms with Crippen molar-refractivity contribution in [1.82, 2.24) is 0 Å². The second-order valence-electron chi connectivity index (χ2n) is 1.22. The summed E-state index contributed by atoms with van der Waals surface area (Å²) in [6, 6.07) is 0. The first-order valence-electron chi connectivity index (χ1n) is 2.63. The molecule has 0 aliphatic rings. The second kappa shape index (κ2) is 8.43. The van der Waals surface area contributed by atoms with Gasteiger partial charge in [-0.05, 0) is 6.92 Å². The molecule has 9 heavy (non-hydrogen) atoms. The Bertz CT molecular complexity index is 79.3. The van der Waals surface area contributed by atoms with E-state index < -0.39 is 0 Å². The molecular weight excluding hydrogens is 131 g/mol. The maximum Gasteiger partial charge on any atom is 1.00 e. The maximum absolute atomic E-state index is 10.2. The molecule has 0 aromatic heterocycles. The molecule has 50 valence electrons. The molecule has 0 aromatic carbocycles. The summed E-state index contributed by atoms with van der Waals surface area (Å²) in [5.41, 5.74) is 0. The van der Waals surface area contributed by atoms with E-state index in [0.717, 1.165) is 0 Å². The molecule has 0 aromatic rings. The second-order valence-corrected chi connectivity index (χ2v) is 1.22. The fourth-order valence-corrected chi connectivity index (χ4v) is 0.184. The van der Waals surface area contributed by atoms with Crippen LogP contribution in [0, 0.1) is 0 Å². The SMILES string of the molecule is CCOOC(=O)CC.[H-].[Na+]. The number of hydrogen-bond donors (Lipinski definition) is 0. The minimum atomic E-state index is -0.327. The molecule has 0 radical (unpaired) electrons. The van der Waals surface area contributed by atoms with Crippen LogP contribution >= 0.6 is 0 Å². The summed E-state index contributed by atoms with van der Waals surface area (Å²) in [5, 5.41) is 0. The zero-order valence-electron chi connectivity index (χ0n) is 7.14. The van der Waals surface area contributed by atoms with Crippen LogP contribution in [0.1, 0.15) is 21.7 Å². The molecule has 4 heteroatoms. The largest absolute Gasteiger partial charge is 1.00 e. The summed E-state index contributed by atoms with van der Waals surface area (Å²) in [4.78, 5) is 18.8. The van der Waals surface area contributed by atoms with Gasteiger partial charge in [-0.1, -0.05) is 6.92 Å². The van der Waals surface area contributed by atoms with E-state index in [1.54, 1.807) is 13.8 Å². The Balaban J connectivity index is -0.000000245. The van der Waals surface area contributed by atoms with Crippen LogP contribution in [-0.4, -0.2) is 12.6 Å². The van der Waals surface area contributed by atoms with Gasteiger partial charge in [0.25, 0.3) is 0 Å². The summed E-state index contributed by atoms with van der Waals surface area (Å²) in [6.45, 7) is 3.87. The van der Waals surface area contributed by atoms with Gasteiger partial charge in [0, 0.05) is 6.42 Å². The van der Waals surface area contributed by atoms with Gasteiger partial charge >= 0.3 is 35.5 Å². The topological polar surface area (TPSA) is 35.5 Å². The minimum Gasteiger partial charge on any atom is -1.00 e. The van der Waals surface area contributed by atoms with E-state index in [1.165, 1.54) is 0 Å². The van der Waals surface area contributed by atoms with Crippen LogP contribution in [0.25, 0.3) is 0 Å². The Hall–Kier alpha value is 0.430. The van der Waals surface area contributed by atoms with Gasteiger partial charge in [0.2, 0.25) is 0 Å². The van der Waals surface area contributed by atoms with E-state index in [9.17, 15) is 4.79 Å². The minimum absolute atomic E-state index is 0. The van der Waals surface area contributed by atoms with Crippen molar-refractivity contribution in [3.8, 4) is 0 Å². The zero-order chi connectivity index (χ0) is 6.41. The van der Waals surface area contributed by atoms with Crippen molar-refractivity contribution in [2.45, 2.75) is 20.3 Å². The van der Waals surface area contributed by atoms with Crippen molar-refractivity contribution in [3.63, 3.8) is 0 Å². The molecule has 0 fully saturated rings. The molecule has 0 heterocycles. The standard InChI is InChI=1S/C5H10O3.Na.H/c1-3-5(6)8-7-4-2;;/h3-4H2,1-2H3;;/q;+1;-1. The van der Waals surface area contributed by atoms with E-state index in [0.29, 0.717) is 13.0 Å². The molecular formula is C5H11NaO3. The van der Waals surface area contributed by atoms with Crippen molar-refractivity contribution in [2.24, 2.45) is 0 Å². The molecule has 0 rings (SSSR count). The van der Waals surface area contributed by atoms with Crippen LogP contribution in [0.2, 0.25) is 0 Å². The van der Waals surface area contributed by atoms with Gasteiger partial charge in [0.15, 0.2) is 0 Å². The van der Waals surface area contributed by atoms with Gasteiger partial charge in [-0.2, -0.15) is 4.89 Å². The van der Waals surface area contributed by atoms with Gasteiger partial charge in [-0.25, -0.2) is 4.79 Å². The summed E-state index contributed by atoms with van der Waals surface area (Å²) in [7, 11) is 0.